The summed E-state index contributed by atoms with van der Waals surface area (Å²) in [7, 11) is 0. The van der Waals surface area contributed by atoms with Gasteiger partial charge in [0.05, 0.1) is 21.8 Å². The van der Waals surface area contributed by atoms with E-state index < -0.39 is 39.5 Å². The number of aryl methyl sites for hydroxylation is 1. The van der Waals surface area contributed by atoms with Gasteiger partial charge in [0.25, 0.3) is 5.91 Å². The van der Waals surface area contributed by atoms with Crippen LogP contribution in [0.2, 0.25) is 15.1 Å². The van der Waals surface area contributed by atoms with Crippen molar-refractivity contribution in [2.75, 3.05) is 6.54 Å². The molecule has 1 aromatic heterocycles. The minimum absolute atomic E-state index is 0.122. The topological polar surface area (TPSA) is 67.2 Å². The van der Waals surface area contributed by atoms with Crippen LogP contribution in [0.1, 0.15) is 34.3 Å². The highest BCUT2D eigenvalue weighted by atomic mass is 35.5. The molecule has 0 saturated carbocycles. The molecule has 15 heteroatoms. The first-order valence-electron chi connectivity index (χ1n) is 12.8. The number of phenolic OH excluding ortho intramolecular Hbond substituents is 1. The van der Waals surface area contributed by atoms with Crippen LogP contribution in [0.4, 0.5) is 30.7 Å². The lowest BCUT2D eigenvalue weighted by Gasteiger charge is -2.30. The predicted molar refractivity (Wildman–Crippen MR) is 152 cm³/mol. The molecule has 0 radical (unpaired) electrons. The number of hydrogen-bond acceptors (Lipinski definition) is 3. The van der Waals surface area contributed by atoms with Gasteiger partial charge in [-0.2, -0.15) is 31.4 Å². The molecule has 1 heterocycles. The van der Waals surface area contributed by atoms with Gasteiger partial charge in [0.2, 0.25) is 0 Å². The number of carbonyl (C=O) groups excluding carboxylic acids is 1. The van der Waals surface area contributed by atoms with E-state index in [-0.39, 0.29) is 29.1 Å². The van der Waals surface area contributed by atoms with E-state index in [9.17, 15) is 40.6 Å². The number of unbranched alkanes of at least 4 members (excludes halogenated alkanes) is 1. The summed E-state index contributed by atoms with van der Waals surface area (Å²) in [6.07, 6.45) is -8.11. The summed E-state index contributed by atoms with van der Waals surface area (Å²) < 4.78 is 94.9. The zero-order chi connectivity index (χ0) is 32.4. The fourth-order valence-corrected chi connectivity index (χ4v) is 5.29. The van der Waals surface area contributed by atoms with Gasteiger partial charge in [0.1, 0.15) is 11.4 Å². The Morgan fingerprint density at radius 2 is 1.48 bits per heavy atom. The van der Waals surface area contributed by atoms with Gasteiger partial charge in [-0.15, -0.1) is 0 Å². The molecule has 1 amide bonds. The number of nitrogens with zero attached hydrogens (tertiary/aromatic N) is 2. The smallest absolute Gasteiger partial charge is 0.435 e. The second-order valence-electron chi connectivity index (χ2n) is 9.65. The van der Waals surface area contributed by atoms with Crippen molar-refractivity contribution in [2.45, 2.75) is 37.3 Å². The van der Waals surface area contributed by atoms with Crippen molar-refractivity contribution in [1.82, 2.24) is 15.1 Å². The highest BCUT2D eigenvalue weighted by Crippen LogP contribution is 2.54. The van der Waals surface area contributed by atoms with Crippen molar-refractivity contribution in [3.63, 3.8) is 0 Å². The first-order valence-corrected chi connectivity index (χ1v) is 13.9. The van der Waals surface area contributed by atoms with E-state index >= 15 is 0 Å². The average molecular weight is 683 g/mol. The zero-order valence-electron chi connectivity index (χ0n) is 22.2. The van der Waals surface area contributed by atoms with Crippen LogP contribution in [0.5, 0.6) is 5.75 Å². The first kappa shape index (κ1) is 33.4. The van der Waals surface area contributed by atoms with Crippen LogP contribution in [0.15, 0.2) is 67.0 Å². The number of benzene rings is 3. The summed E-state index contributed by atoms with van der Waals surface area (Å²) in [6, 6.07) is 11.7. The molecule has 234 valence electrons. The molecule has 0 fully saturated rings. The molecule has 44 heavy (non-hydrogen) atoms. The summed E-state index contributed by atoms with van der Waals surface area (Å²) in [5, 5.41) is 15.7. The minimum atomic E-state index is -6.33. The number of para-hydroxylation sites is 1. The first-order chi connectivity index (χ1) is 20.5. The Hall–Kier alpha value is -3.48. The number of rotatable bonds is 9. The van der Waals surface area contributed by atoms with Gasteiger partial charge >= 0.3 is 18.0 Å². The Morgan fingerprint density at radius 1 is 0.841 bits per heavy atom. The van der Waals surface area contributed by atoms with Gasteiger partial charge < -0.3 is 10.4 Å². The highest BCUT2D eigenvalue weighted by Gasteiger charge is 2.73. The molecule has 0 atom stereocenters. The standard InChI is InChI=1S/C29H21Cl3F7N3O2/c30-21-9-8-16(11-17(21)5-3-4-10-40-26(44)20-6-1-2-7-24(20)43)18-14-41-42(15-18)25-22(31)12-19(13-23(25)32)27(33,28(34,35)36)29(37,38)39/h1-2,6-9,11-15,43H,3-5,10H2,(H,40,44). The van der Waals surface area contributed by atoms with Crippen LogP contribution in [0.3, 0.4) is 0 Å². The lowest BCUT2D eigenvalue weighted by atomic mass is 9.94. The Kier molecular flexibility index (Phi) is 9.77. The van der Waals surface area contributed by atoms with E-state index in [1.165, 1.54) is 24.5 Å². The monoisotopic (exact) mass is 681 g/mol. The van der Waals surface area contributed by atoms with Crippen molar-refractivity contribution in [3.8, 4) is 22.6 Å². The number of amides is 1. The molecule has 3 aromatic carbocycles. The SMILES string of the molecule is O=C(NCCCCc1cc(-c2cnn(-c3c(Cl)cc(C(F)(C(F)(F)F)C(F)(F)F)cc3Cl)c2)ccc1Cl)c1ccccc1O. The number of carbonyl (C=O) groups is 1. The van der Waals surface area contributed by atoms with Gasteiger partial charge in [-0.05, 0) is 66.8 Å². The Labute approximate surface area is 261 Å². The highest BCUT2D eigenvalue weighted by molar-refractivity contribution is 6.38. The average Bonchev–Trinajstić information content (AvgIpc) is 3.41. The number of aromatic hydroxyl groups is 1. The quantitative estimate of drug-likeness (QED) is 0.137. The zero-order valence-corrected chi connectivity index (χ0v) is 24.5. The van der Waals surface area contributed by atoms with Crippen LogP contribution in [0.25, 0.3) is 16.8 Å². The van der Waals surface area contributed by atoms with Crippen LogP contribution >= 0.6 is 34.8 Å². The van der Waals surface area contributed by atoms with Crippen molar-refractivity contribution in [1.29, 1.82) is 0 Å². The van der Waals surface area contributed by atoms with Gasteiger partial charge in [-0.1, -0.05) is 53.0 Å². The number of halogens is 10. The number of hydrogen-bond donors (Lipinski definition) is 2. The summed E-state index contributed by atoms with van der Waals surface area (Å²) in [4.78, 5) is 12.2. The molecule has 4 rings (SSSR count). The molecule has 0 saturated heterocycles. The fraction of sp³-hybridized carbons (Fsp3) is 0.241. The van der Waals surface area contributed by atoms with E-state index in [4.69, 9.17) is 34.8 Å². The maximum Gasteiger partial charge on any atom is 0.435 e. The number of phenols is 1. The maximum absolute atomic E-state index is 14.6. The Morgan fingerprint density at radius 3 is 2.09 bits per heavy atom. The van der Waals surface area contributed by atoms with Crippen LogP contribution in [-0.4, -0.2) is 39.7 Å². The molecule has 4 aromatic rings. The lowest BCUT2D eigenvalue weighted by Crippen LogP contribution is -2.50. The van der Waals surface area contributed by atoms with Crippen molar-refractivity contribution >= 4 is 40.7 Å². The molecule has 0 aliphatic rings. The van der Waals surface area contributed by atoms with E-state index in [0.29, 0.717) is 42.0 Å². The molecule has 0 aliphatic carbocycles. The Balaban J connectivity index is 1.48. The summed E-state index contributed by atoms with van der Waals surface area (Å²) >= 11 is 18.4. The molecule has 0 spiro atoms. The summed E-state index contributed by atoms with van der Waals surface area (Å²) in [6.45, 7) is 0.354. The largest absolute Gasteiger partial charge is 0.507 e. The van der Waals surface area contributed by atoms with E-state index in [1.54, 1.807) is 30.3 Å². The molecule has 0 unspecified atom stereocenters. The van der Waals surface area contributed by atoms with Crippen molar-refractivity contribution < 1.29 is 40.6 Å². The van der Waals surface area contributed by atoms with Crippen molar-refractivity contribution in [3.05, 3.63) is 98.7 Å². The minimum Gasteiger partial charge on any atom is -0.507 e. The van der Waals surface area contributed by atoms with E-state index in [2.05, 4.69) is 10.4 Å². The van der Waals surface area contributed by atoms with Crippen LogP contribution < -0.4 is 5.32 Å². The Bertz CT molecular complexity index is 1640. The summed E-state index contributed by atoms with van der Waals surface area (Å²) in [5.74, 6) is -0.525. The predicted octanol–water partition coefficient (Wildman–Crippen LogP) is 9.25. The van der Waals surface area contributed by atoms with Gasteiger partial charge in [-0.25, -0.2) is 9.07 Å². The second kappa shape index (κ2) is 12.9. The lowest BCUT2D eigenvalue weighted by molar-refractivity contribution is -0.348. The second-order valence-corrected chi connectivity index (χ2v) is 10.9. The van der Waals surface area contributed by atoms with Gasteiger partial charge in [0, 0.05) is 28.9 Å². The third kappa shape index (κ3) is 6.77. The molecule has 0 aliphatic heterocycles. The number of alkyl halides is 7. The third-order valence-corrected chi connectivity index (χ3v) is 7.64. The molecular weight excluding hydrogens is 662 g/mol. The normalized spacial score (nSPS) is 12.4. The fourth-order valence-electron chi connectivity index (χ4n) is 4.41. The van der Waals surface area contributed by atoms with Gasteiger partial charge in [0.15, 0.2) is 0 Å². The number of nitrogens with one attached hydrogen (secondary N) is 1. The van der Waals surface area contributed by atoms with Crippen LogP contribution in [0, 0.1) is 0 Å². The van der Waals surface area contributed by atoms with E-state index in [0.717, 1.165) is 10.2 Å². The maximum atomic E-state index is 14.6. The van der Waals surface area contributed by atoms with E-state index in [1.807, 2.05) is 0 Å². The third-order valence-electron chi connectivity index (χ3n) is 6.69. The molecule has 0 bridgehead atoms. The molecular formula is C29H21Cl3F7N3O2. The number of aromatic nitrogens is 2. The van der Waals surface area contributed by atoms with Gasteiger partial charge in [-0.3, -0.25) is 4.79 Å². The van der Waals surface area contributed by atoms with Crippen molar-refractivity contribution in [2.24, 2.45) is 0 Å². The molecule has 2 N–H and O–H groups in total. The molecule has 5 nitrogen and oxygen atoms in total. The summed E-state index contributed by atoms with van der Waals surface area (Å²) in [5.41, 5.74) is -5.72. The van der Waals surface area contributed by atoms with Crippen LogP contribution in [-0.2, 0) is 12.1 Å².